The van der Waals surface area contributed by atoms with E-state index in [1.807, 2.05) is 55.5 Å². The lowest BCUT2D eigenvalue weighted by molar-refractivity contribution is -0.143. The van der Waals surface area contributed by atoms with Gasteiger partial charge in [0.05, 0.1) is 24.4 Å². The minimum absolute atomic E-state index is 0.0249. The molecule has 0 spiro atoms. The van der Waals surface area contributed by atoms with Gasteiger partial charge in [-0.15, -0.1) is 0 Å². The van der Waals surface area contributed by atoms with Crippen molar-refractivity contribution in [1.82, 2.24) is 9.97 Å². The van der Waals surface area contributed by atoms with Gasteiger partial charge in [0.15, 0.2) is 5.89 Å². The third-order valence-electron chi connectivity index (χ3n) is 5.28. The van der Waals surface area contributed by atoms with E-state index in [4.69, 9.17) is 14.9 Å². The highest BCUT2D eigenvalue weighted by atomic mass is 16.5. The van der Waals surface area contributed by atoms with Crippen LogP contribution in [0.5, 0.6) is 0 Å². The molecule has 31 heavy (non-hydrogen) atoms. The molecule has 2 unspecified atom stereocenters. The van der Waals surface area contributed by atoms with E-state index in [1.165, 1.54) is 0 Å². The van der Waals surface area contributed by atoms with Crippen molar-refractivity contribution in [1.29, 1.82) is 0 Å². The predicted octanol–water partition coefficient (Wildman–Crippen LogP) is 4.76. The average Bonchev–Trinajstić information content (AvgIpc) is 3.25. The lowest BCUT2D eigenvalue weighted by atomic mass is 9.92. The molecule has 3 aromatic rings. The predicted molar refractivity (Wildman–Crippen MR) is 119 cm³/mol. The SMILES string of the molecule is CCOC(=O)CC(Cc1nc(CCCCC(N)c2ccccn2)co1)c1ccccc1. The smallest absolute Gasteiger partial charge is 0.306 e. The molecule has 0 saturated heterocycles. The molecule has 2 N–H and O–H groups in total. The van der Waals surface area contributed by atoms with E-state index in [0.717, 1.165) is 42.6 Å². The summed E-state index contributed by atoms with van der Waals surface area (Å²) in [7, 11) is 0. The van der Waals surface area contributed by atoms with Crippen LogP contribution in [0, 0.1) is 0 Å². The highest BCUT2D eigenvalue weighted by Gasteiger charge is 2.20. The van der Waals surface area contributed by atoms with Crippen molar-refractivity contribution in [3.05, 3.63) is 83.8 Å². The van der Waals surface area contributed by atoms with E-state index in [-0.39, 0.29) is 17.9 Å². The first-order valence-electron chi connectivity index (χ1n) is 11.0. The summed E-state index contributed by atoms with van der Waals surface area (Å²) in [6.45, 7) is 2.20. The van der Waals surface area contributed by atoms with Gasteiger partial charge in [0.2, 0.25) is 0 Å². The molecule has 0 aliphatic rings. The van der Waals surface area contributed by atoms with Crippen molar-refractivity contribution in [3.8, 4) is 0 Å². The molecular weight excluding hydrogens is 390 g/mol. The molecule has 6 heteroatoms. The highest BCUT2D eigenvalue weighted by molar-refractivity contribution is 5.70. The van der Waals surface area contributed by atoms with Gasteiger partial charge in [0.1, 0.15) is 6.26 Å². The number of rotatable bonds is 12. The fourth-order valence-corrected chi connectivity index (χ4v) is 3.64. The fraction of sp³-hybridized carbons (Fsp3) is 0.400. The Labute approximate surface area is 183 Å². The molecule has 0 radical (unpaired) electrons. The summed E-state index contributed by atoms with van der Waals surface area (Å²) in [6, 6.07) is 15.8. The molecular formula is C25H31N3O3. The summed E-state index contributed by atoms with van der Waals surface area (Å²) in [6.07, 6.45) is 8.07. The van der Waals surface area contributed by atoms with Gasteiger partial charge in [-0.3, -0.25) is 9.78 Å². The molecule has 0 amide bonds. The van der Waals surface area contributed by atoms with Crippen LogP contribution in [0.4, 0.5) is 0 Å². The van der Waals surface area contributed by atoms with Crippen molar-refractivity contribution < 1.29 is 13.9 Å². The second-order valence-electron chi connectivity index (χ2n) is 7.66. The molecule has 6 nitrogen and oxygen atoms in total. The summed E-state index contributed by atoms with van der Waals surface area (Å²) in [4.78, 5) is 21.0. The number of benzene rings is 1. The van der Waals surface area contributed by atoms with Crippen LogP contribution in [0.2, 0.25) is 0 Å². The number of hydrogen-bond acceptors (Lipinski definition) is 6. The first-order valence-corrected chi connectivity index (χ1v) is 11.0. The third-order valence-corrected chi connectivity index (χ3v) is 5.28. The quantitative estimate of drug-likeness (QED) is 0.335. The normalized spacial score (nSPS) is 13.0. The molecule has 0 saturated carbocycles. The number of carbonyl (C=O) groups is 1. The monoisotopic (exact) mass is 421 g/mol. The number of unbranched alkanes of at least 4 members (excludes halogenated alkanes) is 1. The number of carbonyl (C=O) groups excluding carboxylic acids is 1. The van der Waals surface area contributed by atoms with E-state index in [0.29, 0.717) is 25.3 Å². The molecule has 0 aliphatic heterocycles. The minimum atomic E-state index is -0.202. The number of oxazole rings is 1. The Balaban J connectivity index is 1.50. The van der Waals surface area contributed by atoms with E-state index in [2.05, 4.69) is 9.97 Å². The Morgan fingerprint density at radius 1 is 1.13 bits per heavy atom. The summed E-state index contributed by atoms with van der Waals surface area (Å²) in [5, 5.41) is 0. The summed E-state index contributed by atoms with van der Waals surface area (Å²) >= 11 is 0. The van der Waals surface area contributed by atoms with E-state index in [1.54, 1.807) is 12.5 Å². The second kappa shape index (κ2) is 12.0. The summed E-state index contributed by atoms with van der Waals surface area (Å²) < 4.78 is 10.9. The zero-order valence-electron chi connectivity index (χ0n) is 18.1. The number of pyridine rings is 1. The van der Waals surface area contributed by atoms with Crippen LogP contribution in [0.3, 0.4) is 0 Å². The number of nitrogens with two attached hydrogens (primary N) is 1. The average molecular weight is 422 g/mol. The number of aryl methyl sites for hydroxylation is 1. The Kier molecular flexibility index (Phi) is 8.79. The molecule has 0 bridgehead atoms. The zero-order valence-corrected chi connectivity index (χ0v) is 18.1. The number of hydrogen-bond donors (Lipinski definition) is 1. The van der Waals surface area contributed by atoms with E-state index >= 15 is 0 Å². The molecule has 0 fully saturated rings. The van der Waals surface area contributed by atoms with Crippen molar-refractivity contribution in [2.75, 3.05) is 6.61 Å². The lowest BCUT2D eigenvalue weighted by Crippen LogP contribution is -2.13. The van der Waals surface area contributed by atoms with Crippen LogP contribution in [0.15, 0.2) is 65.4 Å². The molecule has 3 rings (SSSR count). The number of ether oxygens (including phenoxy) is 1. The maximum Gasteiger partial charge on any atom is 0.306 e. The van der Waals surface area contributed by atoms with Crippen LogP contribution in [0.25, 0.3) is 0 Å². The zero-order chi connectivity index (χ0) is 21.9. The van der Waals surface area contributed by atoms with Gasteiger partial charge < -0.3 is 14.9 Å². The maximum atomic E-state index is 12.1. The molecule has 2 atom stereocenters. The Morgan fingerprint density at radius 3 is 2.68 bits per heavy atom. The maximum absolute atomic E-state index is 12.1. The Morgan fingerprint density at radius 2 is 1.94 bits per heavy atom. The molecule has 164 valence electrons. The van der Waals surface area contributed by atoms with Crippen LogP contribution in [0.1, 0.15) is 67.4 Å². The van der Waals surface area contributed by atoms with E-state index < -0.39 is 0 Å². The van der Waals surface area contributed by atoms with Gasteiger partial charge >= 0.3 is 5.97 Å². The first kappa shape index (κ1) is 22.7. The van der Waals surface area contributed by atoms with Crippen LogP contribution >= 0.6 is 0 Å². The first-order chi connectivity index (χ1) is 15.2. The topological polar surface area (TPSA) is 91.2 Å². The fourth-order valence-electron chi connectivity index (χ4n) is 3.64. The van der Waals surface area contributed by atoms with Crippen LogP contribution in [-0.2, 0) is 22.4 Å². The van der Waals surface area contributed by atoms with Gasteiger partial charge in [-0.1, -0.05) is 42.8 Å². The number of nitrogens with zero attached hydrogens (tertiary/aromatic N) is 2. The van der Waals surface area contributed by atoms with Gasteiger partial charge in [0.25, 0.3) is 0 Å². The van der Waals surface area contributed by atoms with Gasteiger partial charge in [-0.2, -0.15) is 0 Å². The Hall–Kier alpha value is -2.99. The summed E-state index contributed by atoms with van der Waals surface area (Å²) in [5.41, 5.74) is 9.16. The van der Waals surface area contributed by atoms with E-state index in [9.17, 15) is 4.79 Å². The molecule has 2 aromatic heterocycles. The third kappa shape index (κ3) is 7.33. The van der Waals surface area contributed by atoms with Gasteiger partial charge in [-0.05, 0) is 43.9 Å². The molecule has 1 aromatic carbocycles. The largest absolute Gasteiger partial charge is 0.466 e. The van der Waals surface area contributed by atoms with Crippen molar-refractivity contribution in [3.63, 3.8) is 0 Å². The van der Waals surface area contributed by atoms with Crippen molar-refractivity contribution in [2.24, 2.45) is 5.73 Å². The van der Waals surface area contributed by atoms with Gasteiger partial charge in [-0.25, -0.2) is 4.98 Å². The molecule has 0 aliphatic carbocycles. The minimum Gasteiger partial charge on any atom is -0.466 e. The number of esters is 1. The Bertz CT molecular complexity index is 912. The highest BCUT2D eigenvalue weighted by Crippen LogP contribution is 2.25. The summed E-state index contributed by atoms with van der Waals surface area (Å²) in [5.74, 6) is 0.425. The van der Waals surface area contributed by atoms with Crippen LogP contribution in [-0.4, -0.2) is 22.5 Å². The lowest BCUT2D eigenvalue weighted by Gasteiger charge is -2.14. The number of aromatic nitrogens is 2. The van der Waals surface area contributed by atoms with Gasteiger partial charge in [0, 0.05) is 24.6 Å². The second-order valence-corrected chi connectivity index (χ2v) is 7.66. The van der Waals surface area contributed by atoms with Crippen molar-refractivity contribution >= 4 is 5.97 Å². The standard InChI is InChI=1S/C25H31N3O3/c1-2-30-25(29)17-20(19-10-4-3-5-11-19)16-24-28-21(18-31-24)12-6-7-13-22(26)23-14-8-9-15-27-23/h3-5,8-11,14-15,18,20,22H,2,6-7,12-13,16-17,26H2,1H3. The molecule has 2 heterocycles. The van der Waals surface area contributed by atoms with Crippen molar-refractivity contribution in [2.45, 2.75) is 57.4 Å². The van der Waals surface area contributed by atoms with Crippen LogP contribution < -0.4 is 5.73 Å².